The maximum absolute atomic E-state index is 10.2. The second-order valence-electron chi connectivity index (χ2n) is 7.07. The Bertz CT molecular complexity index is 440. The van der Waals surface area contributed by atoms with Gasteiger partial charge in [-0.2, -0.15) is 5.10 Å². The standard InChI is InChI=1S/C17H32N4O/c1-13-5-7-20(8-6-13)12-17(22)10-18-15(3)16(4)21-11-14(2)9-19-21/h9,11,13,15-18,22H,5-8,10,12H2,1-4H3/t15-,16-,17-/m1/s1. The predicted octanol–water partition coefficient (Wildman–Crippen LogP) is 1.82. The maximum Gasteiger partial charge on any atom is 0.0791 e. The van der Waals surface area contributed by atoms with Crippen LogP contribution in [0.5, 0.6) is 0 Å². The third-order valence-corrected chi connectivity index (χ3v) is 4.89. The Labute approximate surface area is 134 Å². The van der Waals surface area contributed by atoms with E-state index in [2.05, 4.69) is 49.2 Å². The van der Waals surface area contributed by atoms with Crippen LogP contribution in [0.2, 0.25) is 0 Å². The normalized spacial score (nSPS) is 21.7. The summed E-state index contributed by atoms with van der Waals surface area (Å²) in [6.45, 7) is 12.3. The molecule has 22 heavy (non-hydrogen) atoms. The number of aliphatic hydroxyl groups excluding tert-OH is 1. The molecule has 0 spiro atoms. The van der Waals surface area contributed by atoms with Crippen molar-refractivity contribution in [2.75, 3.05) is 26.2 Å². The molecule has 0 bridgehead atoms. The average molecular weight is 308 g/mol. The van der Waals surface area contributed by atoms with Gasteiger partial charge in [-0.1, -0.05) is 6.92 Å². The van der Waals surface area contributed by atoms with E-state index in [9.17, 15) is 5.11 Å². The van der Waals surface area contributed by atoms with Gasteiger partial charge in [0, 0.05) is 25.3 Å². The van der Waals surface area contributed by atoms with Crippen molar-refractivity contribution >= 4 is 0 Å². The molecule has 2 N–H and O–H groups in total. The molecule has 1 aliphatic heterocycles. The fourth-order valence-corrected chi connectivity index (χ4v) is 2.98. The molecule has 1 saturated heterocycles. The zero-order valence-corrected chi connectivity index (χ0v) is 14.5. The molecular formula is C17H32N4O. The van der Waals surface area contributed by atoms with Crippen LogP contribution in [0.1, 0.15) is 45.2 Å². The smallest absolute Gasteiger partial charge is 0.0791 e. The third-order valence-electron chi connectivity index (χ3n) is 4.89. The molecule has 3 atom stereocenters. The first-order valence-corrected chi connectivity index (χ1v) is 8.60. The number of hydrogen-bond acceptors (Lipinski definition) is 4. The van der Waals surface area contributed by atoms with E-state index in [4.69, 9.17) is 0 Å². The molecule has 1 fully saturated rings. The Morgan fingerprint density at radius 2 is 2.05 bits per heavy atom. The van der Waals surface area contributed by atoms with Crippen molar-refractivity contribution in [1.29, 1.82) is 0 Å². The van der Waals surface area contributed by atoms with E-state index in [0.717, 1.165) is 25.6 Å². The Balaban J connectivity index is 1.70. The van der Waals surface area contributed by atoms with Crippen LogP contribution in [-0.4, -0.2) is 58.1 Å². The van der Waals surface area contributed by atoms with Gasteiger partial charge in [0.25, 0.3) is 0 Å². The van der Waals surface area contributed by atoms with Gasteiger partial charge in [0.1, 0.15) is 0 Å². The number of β-amino-alcohol motifs (C(OH)–C–C–N with tert-alkyl or cyclic N) is 1. The first-order chi connectivity index (χ1) is 10.5. The number of nitrogens with zero attached hydrogens (tertiary/aromatic N) is 3. The van der Waals surface area contributed by atoms with Crippen molar-refractivity contribution in [2.45, 2.75) is 58.7 Å². The lowest BCUT2D eigenvalue weighted by Gasteiger charge is -2.32. The lowest BCUT2D eigenvalue weighted by Crippen LogP contribution is -2.44. The summed E-state index contributed by atoms with van der Waals surface area (Å²) in [5.41, 5.74) is 1.18. The number of hydrogen-bond donors (Lipinski definition) is 2. The quantitative estimate of drug-likeness (QED) is 0.807. The summed E-state index contributed by atoms with van der Waals surface area (Å²) < 4.78 is 1.99. The van der Waals surface area contributed by atoms with Crippen molar-refractivity contribution in [2.24, 2.45) is 5.92 Å². The predicted molar refractivity (Wildman–Crippen MR) is 90.0 cm³/mol. The lowest BCUT2D eigenvalue weighted by atomic mass is 9.99. The van der Waals surface area contributed by atoms with Crippen molar-refractivity contribution in [3.63, 3.8) is 0 Å². The topological polar surface area (TPSA) is 53.3 Å². The maximum atomic E-state index is 10.2. The summed E-state index contributed by atoms with van der Waals surface area (Å²) in [5, 5.41) is 18.1. The van der Waals surface area contributed by atoms with Crippen LogP contribution in [0.25, 0.3) is 0 Å². The second kappa shape index (κ2) is 8.09. The second-order valence-corrected chi connectivity index (χ2v) is 7.07. The number of aromatic nitrogens is 2. The largest absolute Gasteiger partial charge is 0.390 e. The highest BCUT2D eigenvalue weighted by Gasteiger charge is 2.20. The van der Waals surface area contributed by atoms with Crippen LogP contribution >= 0.6 is 0 Å². The minimum absolute atomic E-state index is 0.273. The molecule has 1 aliphatic rings. The Hall–Kier alpha value is -0.910. The van der Waals surface area contributed by atoms with E-state index in [1.807, 2.05) is 10.9 Å². The van der Waals surface area contributed by atoms with Crippen LogP contribution in [0.15, 0.2) is 12.4 Å². The van der Waals surface area contributed by atoms with Crippen LogP contribution in [-0.2, 0) is 0 Å². The van der Waals surface area contributed by atoms with Gasteiger partial charge in [0.05, 0.1) is 18.3 Å². The number of nitrogens with one attached hydrogen (secondary N) is 1. The van der Waals surface area contributed by atoms with E-state index in [-0.39, 0.29) is 18.2 Å². The van der Waals surface area contributed by atoms with Gasteiger partial charge in [-0.05, 0) is 58.2 Å². The van der Waals surface area contributed by atoms with Crippen LogP contribution in [0.3, 0.4) is 0 Å². The van der Waals surface area contributed by atoms with Crippen molar-refractivity contribution in [1.82, 2.24) is 20.0 Å². The van der Waals surface area contributed by atoms with Gasteiger partial charge in [0.2, 0.25) is 0 Å². The van der Waals surface area contributed by atoms with Gasteiger partial charge >= 0.3 is 0 Å². The monoisotopic (exact) mass is 308 g/mol. The van der Waals surface area contributed by atoms with Gasteiger partial charge in [0.15, 0.2) is 0 Å². The molecule has 2 rings (SSSR count). The van der Waals surface area contributed by atoms with Crippen LogP contribution < -0.4 is 5.32 Å². The molecule has 1 aromatic rings. The molecule has 5 nitrogen and oxygen atoms in total. The molecule has 0 unspecified atom stereocenters. The SMILES string of the molecule is Cc1cnn([C@H](C)[C@@H](C)NC[C@@H](O)CN2CCC(C)CC2)c1. The van der Waals surface area contributed by atoms with E-state index < -0.39 is 0 Å². The molecule has 0 saturated carbocycles. The molecule has 2 heterocycles. The van der Waals surface area contributed by atoms with Crippen LogP contribution in [0, 0.1) is 12.8 Å². The number of likely N-dealkylation sites (tertiary alicyclic amines) is 1. The fraction of sp³-hybridized carbons (Fsp3) is 0.824. The lowest BCUT2D eigenvalue weighted by molar-refractivity contribution is 0.0877. The number of aliphatic hydroxyl groups is 1. The summed E-state index contributed by atoms with van der Waals surface area (Å²) >= 11 is 0. The van der Waals surface area contributed by atoms with Gasteiger partial charge in [-0.15, -0.1) is 0 Å². The summed E-state index contributed by atoms with van der Waals surface area (Å²) in [7, 11) is 0. The molecule has 0 aromatic carbocycles. The highest BCUT2D eigenvalue weighted by Crippen LogP contribution is 2.16. The summed E-state index contributed by atoms with van der Waals surface area (Å²) in [6.07, 6.45) is 6.16. The van der Waals surface area contributed by atoms with E-state index in [1.54, 1.807) is 0 Å². The molecule has 0 amide bonds. The minimum atomic E-state index is -0.303. The first kappa shape index (κ1) is 17.4. The van der Waals surface area contributed by atoms with E-state index in [1.165, 1.54) is 18.4 Å². The number of rotatable bonds is 7. The molecular weight excluding hydrogens is 276 g/mol. The van der Waals surface area contributed by atoms with Crippen molar-refractivity contribution < 1.29 is 5.11 Å². The number of piperidine rings is 1. The molecule has 5 heteroatoms. The Kier molecular flexibility index (Phi) is 6.41. The van der Waals surface area contributed by atoms with Crippen molar-refractivity contribution in [3.8, 4) is 0 Å². The number of aryl methyl sites for hydroxylation is 1. The molecule has 0 aliphatic carbocycles. The summed E-state index contributed by atoms with van der Waals surface area (Å²) in [4.78, 5) is 2.39. The summed E-state index contributed by atoms with van der Waals surface area (Å²) in [6, 6.07) is 0.548. The van der Waals surface area contributed by atoms with Gasteiger partial charge in [-0.3, -0.25) is 4.68 Å². The van der Waals surface area contributed by atoms with E-state index >= 15 is 0 Å². The Morgan fingerprint density at radius 1 is 1.36 bits per heavy atom. The zero-order chi connectivity index (χ0) is 16.1. The van der Waals surface area contributed by atoms with Crippen LogP contribution in [0.4, 0.5) is 0 Å². The highest BCUT2D eigenvalue weighted by atomic mass is 16.3. The Morgan fingerprint density at radius 3 is 2.64 bits per heavy atom. The van der Waals surface area contributed by atoms with Gasteiger partial charge in [-0.25, -0.2) is 0 Å². The molecule has 0 radical (unpaired) electrons. The molecule has 126 valence electrons. The van der Waals surface area contributed by atoms with E-state index in [0.29, 0.717) is 6.54 Å². The molecule has 1 aromatic heterocycles. The third kappa shape index (κ3) is 5.07. The van der Waals surface area contributed by atoms with Crippen molar-refractivity contribution in [3.05, 3.63) is 18.0 Å². The first-order valence-electron chi connectivity index (χ1n) is 8.60. The zero-order valence-electron chi connectivity index (χ0n) is 14.5. The minimum Gasteiger partial charge on any atom is -0.390 e. The summed E-state index contributed by atoms with van der Waals surface area (Å²) in [5.74, 6) is 0.838. The average Bonchev–Trinajstić information content (AvgIpc) is 2.93. The van der Waals surface area contributed by atoms with Gasteiger partial charge < -0.3 is 15.3 Å². The fourth-order valence-electron chi connectivity index (χ4n) is 2.98. The highest BCUT2D eigenvalue weighted by molar-refractivity contribution is 5.00.